The van der Waals surface area contributed by atoms with Gasteiger partial charge in [0.05, 0.1) is 11.0 Å². The van der Waals surface area contributed by atoms with Crippen molar-refractivity contribution < 1.29 is 0 Å². The van der Waals surface area contributed by atoms with Crippen molar-refractivity contribution in [2.75, 3.05) is 0 Å². The number of aromatic nitrogens is 2. The number of hydrogen-bond acceptors (Lipinski definition) is 2. The van der Waals surface area contributed by atoms with Crippen molar-refractivity contribution in [2.45, 2.75) is 39.8 Å². The topological polar surface area (TPSA) is 29.9 Å². The summed E-state index contributed by atoms with van der Waals surface area (Å²) in [6.45, 7) is 7.39. The lowest BCUT2D eigenvalue weighted by molar-refractivity contribution is 0.589. The highest BCUT2D eigenvalue weighted by Gasteiger charge is 2.06. The highest BCUT2D eigenvalue weighted by atomic mass is 15.1. The number of aryl methyl sites for hydroxylation is 2. The van der Waals surface area contributed by atoms with Gasteiger partial charge in [-0.25, -0.2) is 4.98 Å². The molecule has 1 N–H and O–H groups in total. The maximum absolute atomic E-state index is 4.61. The molecular weight excluding hydrogens is 210 g/mol. The molecule has 92 valence electrons. The molecule has 1 aromatic heterocycles. The molecule has 0 aliphatic heterocycles. The minimum atomic E-state index is 0.517. The molecule has 1 heterocycles. The Morgan fingerprint density at radius 3 is 2.76 bits per heavy atom. The first-order valence-electron chi connectivity index (χ1n) is 6.29. The van der Waals surface area contributed by atoms with Crippen LogP contribution in [-0.2, 0) is 20.0 Å². The second kappa shape index (κ2) is 4.88. The van der Waals surface area contributed by atoms with E-state index in [4.69, 9.17) is 0 Å². The van der Waals surface area contributed by atoms with E-state index in [0.717, 1.165) is 24.3 Å². The molecule has 3 nitrogen and oxygen atoms in total. The van der Waals surface area contributed by atoms with E-state index in [1.165, 1.54) is 11.1 Å². The van der Waals surface area contributed by atoms with Gasteiger partial charge in [0.15, 0.2) is 0 Å². The Balaban J connectivity index is 2.32. The first kappa shape index (κ1) is 12.1. The molecule has 0 unspecified atom stereocenters. The summed E-state index contributed by atoms with van der Waals surface area (Å²) in [7, 11) is 2.09. The lowest BCUT2D eigenvalue weighted by atomic mass is 10.2. The van der Waals surface area contributed by atoms with Crippen LogP contribution in [0.1, 0.15) is 32.2 Å². The minimum Gasteiger partial charge on any atom is -0.331 e. The summed E-state index contributed by atoms with van der Waals surface area (Å²) in [5.41, 5.74) is 3.64. The maximum Gasteiger partial charge on any atom is 0.109 e. The van der Waals surface area contributed by atoms with Gasteiger partial charge in [-0.05, 0) is 17.7 Å². The van der Waals surface area contributed by atoms with Crippen LogP contribution in [0.25, 0.3) is 11.0 Å². The maximum atomic E-state index is 4.61. The molecule has 0 aliphatic carbocycles. The zero-order chi connectivity index (χ0) is 12.4. The average Bonchev–Trinajstić information content (AvgIpc) is 2.63. The first-order valence-corrected chi connectivity index (χ1v) is 6.29. The summed E-state index contributed by atoms with van der Waals surface area (Å²) in [5.74, 6) is 1.15. The quantitative estimate of drug-likeness (QED) is 0.876. The number of imidazole rings is 1. The highest BCUT2D eigenvalue weighted by molar-refractivity contribution is 5.76. The first-order chi connectivity index (χ1) is 8.11. The number of nitrogens with one attached hydrogen (secondary N) is 1. The third kappa shape index (κ3) is 2.50. The number of fused-ring (bicyclic) bond motifs is 1. The average molecular weight is 231 g/mol. The number of rotatable bonds is 4. The number of benzene rings is 1. The molecule has 0 fully saturated rings. The Morgan fingerprint density at radius 1 is 1.35 bits per heavy atom. The minimum absolute atomic E-state index is 0.517. The molecule has 0 saturated heterocycles. The highest BCUT2D eigenvalue weighted by Crippen LogP contribution is 2.17. The standard InChI is InChI=1S/C14H21N3/c1-5-14-16-12-7-6-11(9-15-10(2)3)8-13(12)17(14)4/h6-8,10,15H,5,9H2,1-4H3. The second-order valence-corrected chi connectivity index (χ2v) is 4.80. The summed E-state index contributed by atoms with van der Waals surface area (Å²) < 4.78 is 2.19. The molecule has 0 bridgehead atoms. The Morgan fingerprint density at radius 2 is 2.12 bits per heavy atom. The Kier molecular flexibility index (Phi) is 3.48. The lowest BCUT2D eigenvalue weighted by Gasteiger charge is -2.08. The summed E-state index contributed by atoms with van der Waals surface area (Å²) in [5, 5.41) is 3.44. The molecule has 3 heteroatoms. The summed E-state index contributed by atoms with van der Waals surface area (Å²) in [4.78, 5) is 4.61. The molecule has 2 aromatic rings. The molecule has 0 spiro atoms. The van der Waals surface area contributed by atoms with E-state index in [-0.39, 0.29) is 0 Å². The molecule has 0 saturated carbocycles. The van der Waals surface area contributed by atoms with E-state index in [1.54, 1.807) is 0 Å². The van der Waals surface area contributed by atoms with Crippen molar-refractivity contribution in [2.24, 2.45) is 7.05 Å². The molecule has 17 heavy (non-hydrogen) atoms. The van der Waals surface area contributed by atoms with Gasteiger partial charge in [0.2, 0.25) is 0 Å². The van der Waals surface area contributed by atoms with Gasteiger partial charge in [-0.2, -0.15) is 0 Å². The molecular formula is C14H21N3. The third-order valence-electron chi connectivity index (χ3n) is 3.07. The largest absolute Gasteiger partial charge is 0.331 e. The fourth-order valence-electron chi connectivity index (χ4n) is 2.03. The van der Waals surface area contributed by atoms with Crippen molar-refractivity contribution >= 4 is 11.0 Å². The van der Waals surface area contributed by atoms with E-state index < -0.39 is 0 Å². The van der Waals surface area contributed by atoms with Crippen LogP contribution in [0.4, 0.5) is 0 Å². The van der Waals surface area contributed by atoms with Crippen LogP contribution in [0.3, 0.4) is 0 Å². The predicted molar refractivity (Wildman–Crippen MR) is 72.1 cm³/mol. The van der Waals surface area contributed by atoms with Gasteiger partial charge in [0.25, 0.3) is 0 Å². The normalized spacial score (nSPS) is 11.6. The number of hydrogen-bond donors (Lipinski definition) is 1. The van der Waals surface area contributed by atoms with Gasteiger partial charge in [-0.1, -0.05) is 26.8 Å². The molecule has 2 rings (SSSR count). The van der Waals surface area contributed by atoms with Crippen LogP contribution < -0.4 is 5.32 Å². The third-order valence-corrected chi connectivity index (χ3v) is 3.07. The van der Waals surface area contributed by atoms with Crippen LogP contribution in [0, 0.1) is 0 Å². The second-order valence-electron chi connectivity index (χ2n) is 4.80. The van der Waals surface area contributed by atoms with Gasteiger partial charge in [-0.3, -0.25) is 0 Å². The monoisotopic (exact) mass is 231 g/mol. The van der Waals surface area contributed by atoms with E-state index in [9.17, 15) is 0 Å². The SMILES string of the molecule is CCc1nc2ccc(CNC(C)C)cc2n1C. The van der Waals surface area contributed by atoms with Crippen molar-refractivity contribution in [1.29, 1.82) is 0 Å². The molecule has 0 atom stereocenters. The van der Waals surface area contributed by atoms with Crippen LogP contribution in [0.15, 0.2) is 18.2 Å². The van der Waals surface area contributed by atoms with Crippen molar-refractivity contribution in [3.63, 3.8) is 0 Å². The van der Waals surface area contributed by atoms with Gasteiger partial charge in [-0.15, -0.1) is 0 Å². The zero-order valence-electron chi connectivity index (χ0n) is 11.1. The van der Waals surface area contributed by atoms with E-state index in [0.29, 0.717) is 6.04 Å². The number of nitrogens with zero attached hydrogens (tertiary/aromatic N) is 2. The van der Waals surface area contributed by atoms with Crippen LogP contribution in [0.2, 0.25) is 0 Å². The fraction of sp³-hybridized carbons (Fsp3) is 0.500. The Hall–Kier alpha value is -1.35. The van der Waals surface area contributed by atoms with E-state index in [1.807, 2.05) is 0 Å². The summed E-state index contributed by atoms with van der Waals surface area (Å²) in [6.07, 6.45) is 0.977. The van der Waals surface area contributed by atoms with Gasteiger partial charge >= 0.3 is 0 Å². The predicted octanol–water partition coefficient (Wildman–Crippen LogP) is 2.63. The Labute approximate surface area is 103 Å². The smallest absolute Gasteiger partial charge is 0.109 e. The summed E-state index contributed by atoms with van der Waals surface area (Å²) in [6, 6.07) is 7.02. The Bertz CT molecular complexity index is 511. The van der Waals surface area contributed by atoms with Crippen LogP contribution in [0.5, 0.6) is 0 Å². The molecule has 0 amide bonds. The van der Waals surface area contributed by atoms with Gasteiger partial charge in [0, 0.05) is 26.1 Å². The van der Waals surface area contributed by atoms with Gasteiger partial charge < -0.3 is 9.88 Å². The molecule has 0 radical (unpaired) electrons. The summed E-state index contributed by atoms with van der Waals surface area (Å²) >= 11 is 0. The zero-order valence-corrected chi connectivity index (χ0v) is 11.1. The fourth-order valence-corrected chi connectivity index (χ4v) is 2.03. The van der Waals surface area contributed by atoms with Crippen LogP contribution in [-0.4, -0.2) is 15.6 Å². The van der Waals surface area contributed by atoms with E-state index in [2.05, 4.69) is 60.9 Å². The van der Waals surface area contributed by atoms with Gasteiger partial charge in [0.1, 0.15) is 5.82 Å². The van der Waals surface area contributed by atoms with Crippen molar-refractivity contribution in [3.05, 3.63) is 29.6 Å². The molecule has 0 aliphatic rings. The van der Waals surface area contributed by atoms with Crippen molar-refractivity contribution in [3.8, 4) is 0 Å². The van der Waals surface area contributed by atoms with Crippen LogP contribution >= 0.6 is 0 Å². The van der Waals surface area contributed by atoms with E-state index >= 15 is 0 Å². The van der Waals surface area contributed by atoms with Crippen molar-refractivity contribution in [1.82, 2.24) is 14.9 Å². The molecule has 1 aromatic carbocycles. The lowest BCUT2D eigenvalue weighted by Crippen LogP contribution is -2.21.